The van der Waals surface area contributed by atoms with Crippen LogP contribution in [0.4, 0.5) is 0 Å². The summed E-state index contributed by atoms with van der Waals surface area (Å²) >= 11 is 3.43. The monoisotopic (exact) mass is 233 g/mol. The van der Waals surface area contributed by atoms with Gasteiger partial charge < -0.3 is 0 Å². The van der Waals surface area contributed by atoms with Crippen LogP contribution in [0, 0.1) is 0 Å². The highest BCUT2D eigenvalue weighted by Gasteiger charge is 2.06. The molecule has 0 aliphatic rings. The summed E-state index contributed by atoms with van der Waals surface area (Å²) < 4.78 is 1.70. The van der Waals surface area contributed by atoms with Gasteiger partial charge in [-0.3, -0.25) is 4.57 Å². The maximum atomic E-state index is 11.3. The van der Waals surface area contributed by atoms with Crippen LogP contribution in [0.5, 0.6) is 0 Å². The first kappa shape index (κ1) is 11.7. The Kier molecular flexibility index (Phi) is 5.17. The van der Waals surface area contributed by atoms with E-state index in [1.807, 2.05) is 0 Å². The normalized spacial score (nSPS) is 10.7. The van der Waals surface area contributed by atoms with Gasteiger partial charge in [-0.15, -0.1) is 5.10 Å². The van der Waals surface area contributed by atoms with E-state index >= 15 is 0 Å². The van der Waals surface area contributed by atoms with Gasteiger partial charge in [0.1, 0.15) is 0 Å². The first-order valence-corrected chi connectivity index (χ1v) is 6.94. The van der Waals surface area contributed by atoms with Crippen LogP contribution in [-0.4, -0.2) is 32.5 Å². The molecule has 0 saturated carbocycles. The van der Waals surface area contributed by atoms with Crippen molar-refractivity contribution >= 4 is 23.5 Å². The van der Waals surface area contributed by atoms with Crippen LogP contribution >= 0.6 is 23.5 Å². The highest BCUT2D eigenvalue weighted by Crippen LogP contribution is 2.14. The number of hydrogen-bond donors (Lipinski definition) is 1. The lowest BCUT2D eigenvalue weighted by molar-refractivity contribution is 0.604. The molecule has 0 aliphatic heterocycles. The average molecular weight is 233 g/mol. The number of aromatic amines is 1. The van der Waals surface area contributed by atoms with Gasteiger partial charge in [-0.05, 0) is 12.7 Å². The fraction of sp³-hybridized carbons (Fsp3) is 0.750. The van der Waals surface area contributed by atoms with Gasteiger partial charge in [-0.25, -0.2) is 9.89 Å². The van der Waals surface area contributed by atoms with Crippen molar-refractivity contribution < 1.29 is 0 Å². The Morgan fingerprint density at radius 2 is 2.29 bits per heavy atom. The molecule has 1 heterocycles. The molecular formula is C8H15N3OS2. The van der Waals surface area contributed by atoms with E-state index in [1.54, 1.807) is 28.1 Å². The second-order valence-corrected chi connectivity index (χ2v) is 4.85. The quantitative estimate of drug-likeness (QED) is 0.596. The van der Waals surface area contributed by atoms with Crippen molar-refractivity contribution in [2.75, 3.05) is 17.8 Å². The molecule has 0 radical (unpaired) electrons. The SMILES string of the molecule is CCCn1c(SCCSC)n[nH]c1=O. The number of thioether (sulfide) groups is 2. The number of nitrogens with one attached hydrogen (secondary N) is 1. The summed E-state index contributed by atoms with van der Waals surface area (Å²) in [5.74, 6) is 2.08. The van der Waals surface area contributed by atoms with Crippen molar-refractivity contribution in [2.24, 2.45) is 0 Å². The number of rotatable bonds is 6. The molecule has 80 valence electrons. The molecule has 4 nitrogen and oxygen atoms in total. The predicted octanol–water partition coefficient (Wildman–Crippen LogP) is 1.44. The Balaban J connectivity index is 2.61. The molecule has 6 heteroatoms. The zero-order valence-corrected chi connectivity index (χ0v) is 10.1. The summed E-state index contributed by atoms with van der Waals surface area (Å²) in [5.41, 5.74) is -0.0986. The first-order valence-electron chi connectivity index (χ1n) is 4.56. The average Bonchev–Trinajstić information content (AvgIpc) is 2.51. The van der Waals surface area contributed by atoms with E-state index in [1.165, 1.54) is 0 Å². The third kappa shape index (κ3) is 3.09. The summed E-state index contributed by atoms with van der Waals surface area (Å²) in [4.78, 5) is 11.3. The van der Waals surface area contributed by atoms with Crippen molar-refractivity contribution in [2.45, 2.75) is 25.0 Å². The molecule has 1 aromatic heterocycles. The molecule has 1 N–H and O–H groups in total. The van der Waals surface area contributed by atoms with Gasteiger partial charge in [-0.2, -0.15) is 11.8 Å². The third-order valence-corrected chi connectivity index (χ3v) is 3.54. The zero-order chi connectivity index (χ0) is 10.4. The standard InChI is InChI=1S/C8H15N3OS2/c1-3-4-11-7(12)9-10-8(11)14-6-5-13-2/h3-6H2,1-2H3,(H,9,12). The van der Waals surface area contributed by atoms with Crippen LogP contribution in [0.25, 0.3) is 0 Å². The molecule has 1 rings (SSSR count). The lowest BCUT2D eigenvalue weighted by atomic mass is 10.5. The Morgan fingerprint density at radius 3 is 2.93 bits per heavy atom. The zero-order valence-electron chi connectivity index (χ0n) is 8.45. The predicted molar refractivity (Wildman–Crippen MR) is 62.2 cm³/mol. The Hall–Kier alpha value is -0.360. The van der Waals surface area contributed by atoms with Crippen LogP contribution in [0.15, 0.2) is 9.95 Å². The van der Waals surface area contributed by atoms with Crippen LogP contribution in [-0.2, 0) is 6.54 Å². The van der Waals surface area contributed by atoms with Crippen molar-refractivity contribution in [1.29, 1.82) is 0 Å². The van der Waals surface area contributed by atoms with Gasteiger partial charge in [0.15, 0.2) is 5.16 Å². The molecule has 0 spiro atoms. The minimum absolute atomic E-state index is 0.0986. The molecular weight excluding hydrogens is 218 g/mol. The minimum atomic E-state index is -0.0986. The van der Waals surface area contributed by atoms with E-state index in [-0.39, 0.29) is 5.69 Å². The third-order valence-electron chi connectivity index (χ3n) is 1.69. The molecule has 1 aromatic rings. The summed E-state index contributed by atoms with van der Waals surface area (Å²) in [6, 6.07) is 0. The van der Waals surface area contributed by atoms with Crippen molar-refractivity contribution in [3.8, 4) is 0 Å². The second kappa shape index (κ2) is 6.19. The molecule has 0 aliphatic carbocycles. The fourth-order valence-corrected chi connectivity index (χ4v) is 2.67. The van der Waals surface area contributed by atoms with E-state index in [2.05, 4.69) is 23.4 Å². The van der Waals surface area contributed by atoms with Crippen molar-refractivity contribution in [3.63, 3.8) is 0 Å². The minimum Gasteiger partial charge on any atom is -0.270 e. The van der Waals surface area contributed by atoms with Gasteiger partial charge in [0, 0.05) is 18.1 Å². The fourth-order valence-electron chi connectivity index (χ4n) is 1.05. The topological polar surface area (TPSA) is 50.7 Å². The molecule has 14 heavy (non-hydrogen) atoms. The van der Waals surface area contributed by atoms with Crippen LogP contribution < -0.4 is 5.69 Å². The number of hydrogen-bond acceptors (Lipinski definition) is 4. The summed E-state index contributed by atoms with van der Waals surface area (Å²) in [7, 11) is 0. The smallest absolute Gasteiger partial charge is 0.270 e. The summed E-state index contributed by atoms with van der Waals surface area (Å²) in [6.07, 6.45) is 3.03. The van der Waals surface area contributed by atoms with Crippen molar-refractivity contribution in [3.05, 3.63) is 10.5 Å². The number of H-pyrrole nitrogens is 1. The Bertz CT molecular complexity index is 321. The first-order chi connectivity index (χ1) is 6.79. The van der Waals surface area contributed by atoms with Crippen LogP contribution in [0.3, 0.4) is 0 Å². The lowest BCUT2D eigenvalue weighted by Crippen LogP contribution is -2.17. The molecule has 0 unspecified atom stereocenters. The second-order valence-electron chi connectivity index (χ2n) is 2.80. The van der Waals surface area contributed by atoms with Gasteiger partial charge in [0.2, 0.25) is 0 Å². The van der Waals surface area contributed by atoms with E-state index in [0.29, 0.717) is 0 Å². The Morgan fingerprint density at radius 1 is 1.50 bits per heavy atom. The summed E-state index contributed by atoms with van der Waals surface area (Å²) in [5, 5.41) is 7.28. The largest absolute Gasteiger partial charge is 0.343 e. The van der Waals surface area contributed by atoms with Crippen LogP contribution in [0.2, 0.25) is 0 Å². The maximum Gasteiger partial charge on any atom is 0.343 e. The Labute approximate surface area is 91.9 Å². The van der Waals surface area contributed by atoms with Crippen LogP contribution in [0.1, 0.15) is 13.3 Å². The number of aromatic nitrogens is 3. The van der Waals surface area contributed by atoms with E-state index in [9.17, 15) is 4.79 Å². The summed E-state index contributed by atoms with van der Waals surface area (Å²) in [6.45, 7) is 2.80. The van der Waals surface area contributed by atoms with Crippen molar-refractivity contribution in [1.82, 2.24) is 14.8 Å². The lowest BCUT2D eigenvalue weighted by Gasteiger charge is -2.02. The highest BCUT2D eigenvalue weighted by molar-refractivity contribution is 8.02. The van der Waals surface area contributed by atoms with E-state index in [4.69, 9.17) is 0 Å². The van der Waals surface area contributed by atoms with Gasteiger partial charge >= 0.3 is 5.69 Å². The molecule has 0 fully saturated rings. The highest BCUT2D eigenvalue weighted by atomic mass is 32.2. The molecule has 0 bridgehead atoms. The van der Waals surface area contributed by atoms with E-state index < -0.39 is 0 Å². The molecule has 0 atom stereocenters. The van der Waals surface area contributed by atoms with Gasteiger partial charge in [0.25, 0.3) is 0 Å². The van der Waals surface area contributed by atoms with Gasteiger partial charge in [0.05, 0.1) is 0 Å². The molecule has 0 saturated heterocycles. The molecule has 0 amide bonds. The van der Waals surface area contributed by atoms with E-state index in [0.717, 1.165) is 29.6 Å². The van der Waals surface area contributed by atoms with Gasteiger partial charge in [-0.1, -0.05) is 18.7 Å². The number of nitrogens with zero attached hydrogens (tertiary/aromatic N) is 2. The molecule has 0 aromatic carbocycles. The maximum absolute atomic E-state index is 11.3.